The normalized spacial score (nSPS) is 10.5. The molecule has 0 amide bonds. The van der Waals surface area contributed by atoms with Crippen LogP contribution in [-0.2, 0) is 51.9 Å². The fraction of sp³-hybridized carbons (Fsp3) is 0.500. The molecule has 2 aromatic rings. The number of hydrogen-bond donors (Lipinski definition) is 0. The Morgan fingerprint density at radius 3 is 1.16 bits per heavy atom. The molecule has 12 nitrogen and oxygen atoms in total. The average molecular weight is 619 g/mol. The number of hydrogen-bond acceptors (Lipinski definition) is 12. The summed E-state index contributed by atoms with van der Waals surface area (Å²) in [5.41, 5.74) is 2.75. The zero-order chi connectivity index (χ0) is 31.8. The highest BCUT2D eigenvalue weighted by Crippen LogP contribution is 2.11. The number of carbonyl (C=O) groups is 4. The maximum absolute atomic E-state index is 11.9. The summed E-state index contributed by atoms with van der Waals surface area (Å²) in [6.07, 6.45) is 8.60. The molecule has 0 aliphatic rings. The van der Waals surface area contributed by atoms with Crippen LogP contribution in [0.5, 0.6) is 0 Å². The smallest absolute Gasteiger partial charge is 0.432 e. The minimum Gasteiger partial charge on any atom is -0.432 e. The zero-order valence-corrected chi connectivity index (χ0v) is 25.4. The Morgan fingerprint density at radius 2 is 0.818 bits per heavy atom. The van der Waals surface area contributed by atoms with Crippen LogP contribution in [0.4, 0.5) is 9.59 Å². The van der Waals surface area contributed by atoms with Gasteiger partial charge in [0.15, 0.2) is 0 Å². The topological polar surface area (TPSA) is 142 Å². The first-order valence-electron chi connectivity index (χ1n) is 15.0. The molecule has 44 heavy (non-hydrogen) atoms. The molecule has 0 N–H and O–H groups in total. The van der Waals surface area contributed by atoms with Gasteiger partial charge in [-0.1, -0.05) is 89.5 Å². The van der Waals surface area contributed by atoms with E-state index in [-0.39, 0.29) is 24.3 Å². The summed E-state index contributed by atoms with van der Waals surface area (Å²) in [5, 5.41) is 8.44. The van der Waals surface area contributed by atoms with Gasteiger partial charge in [0.2, 0.25) is 0 Å². The van der Waals surface area contributed by atoms with Crippen LogP contribution in [-0.4, -0.2) is 37.5 Å². The van der Waals surface area contributed by atoms with Crippen LogP contribution in [0, 0.1) is 0 Å². The predicted octanol–water partition coefficient (Wildman–Crippen LogP) is 7.73. The monoisotopic (exact) mass is 618 g/mol. The van der Waals surface area contributed by atoms with Gasteiger partial charge < -0.3 is 9.47 Å². The van der Waals surface area contributed by atoms with Gasteiger partial charge in [-0.25, -0.2) is 29.0 Å². The molecule has 0 saturated heterocycles. The standard InChI is InChI=1S/C32H42O12/c1-3-13-25-15-19-27(20-16-25)29(33)39-43-41-31(35)37-23-11-9-7-5-6-8-10-12-24-38-32(36)42-44-40-30(34)28-21-17-26(14-4-2)18-22-28/h15-22H,3-14,23-24H2,1-2H3. The molecule has 0 saturated carbocycles. The minimum atomic E-state index is -1.09. The summed E-state index contributed by atoms with van der Waals surface area (Å²) in [7, 11) is 0. The van der Waals surface area contributed by atoms with Gasteiger partial charge in [-0.2, -0.15) is 0 Å². The molecule has 242 valence electrons. The van der Waals surface area contributed by atoms with E-state index in [0.717, 1.165) is 75.3 Å². The lowest BCUT2D eigenvalue weighted by atomic mass is 10.1. The molecule has 0 atom stereocenters. The first-order chi connectivity index (χ1) is 21.4. The first kappa shape index (κ1) is 36.0. The first-order valence-corrected chi connectivity index (χ1v) is 15.0. The highest BCUT2D eigenvalue weighted by molar-refractivity contribution is 5.89. The minimum absolute atomic E-state index is 0.150. The molecular weight excluding hydrogens is 576 g/mol. The van der Waals surface area contributed by atoms with Crippen LogP contribution in [0.1, 0.15) is 110 Å². The van der Waals surface area contributed by atoms with Gasteiger partial charge in [0.25, 0.3) is 0 Å². The van der Waals surface area contributed by atoms with E-state index < -0.39 is 24.2 Å². The number of benzene rings is 2. The Morgan fingerprint density at radius 1 is 0.477 bits per heavy atom. The molecule has 0 unspecified atom stereocenters. The molecule has 2 rings (SSSR count). The van der Waals surface area contributed by atoms with Crippen LogP contribution in [0.25, 0.3) is 0 Å². The van der Waals surface area contributed by atoms with Crippen molar-refractivity contribution in [3.05, 3.63) is 70.8 Å². The second-order valence-corrected chi connectivity index (χ2v) is 9.96. The fourth-order valence-corrected chi connectivity index (χ4v) is 4.06. The van der Waals surface area contributed by atoms with E-state index in [1.165, 1.54) is 0 Å². The predicted molar refractivity (Wildman–Crippen MR) is 156 cm³/mol. The van der Waals surface area contributed by atoms with Gasteiger partial charge in [0.1, 0.15) is 0 Å². The molecule has 0 heterocycles. The Kier molecular flexibility index (Phi) is 18.3. The summed E-state index contributed by atoms with van der Waals surface area (Å²) >= 11 is 0. The molecular formula is C32H42O12. The Hall–Kier alpha value is -4.16. The van der Waals surface area contributed by atoms with Crippen LogP contribution < -0.4 is 0 Å². The average Bonchev–Trinajstić information content (AvgIpc) is 3.02. The van der Waals surface area contributed by atoms with Gasteiger partial charge >= 0.3 is 24.2 Å². The number of ether oxygens (including phenoxy) is 2. The van der Waals surface area contributed by atoms with Gasteiger partial charge in [-0.05, 0) is 61.1 Å². The number of carbonyl (C=O) groups excluding carboxylic acids is 4. The lowest BCUT2D eigenvalue weighted by molar-refractivity contribution is -0.452. The molecule has 12 heteroatoms. The van der Waals surface area contributed by atoms with Crippen molar-refractivity contribution in [3.8, 4) is 0 Å². The van der Waals surface area contributed by atoms with E-state index in [1.54, 1.807) is 24.3 Å². The molecule has 0 aliphatic carbocycles. The second-order valence-electron chi connectivity index (χ2n) is 9.96. The summed E-state index contributed by atoms with van der Waals surface area (Å²) in [5.74, 6) is -1.57. The molecule has 0 bridgehead atoms. The molecule has 0 radical (unpaired) electrons. The third-order valence-electron chi connectivity index (χ3n) is 6.36. The van der Waals surface area contributed by atoms with Crippen molar-refractivity contribution in [1.82, 2.24) is 0 Å². The van der Waals surface area contributed by atoms with E-state index in [1.807, 2.05) is 24.3 Å². The van der Waals surface area contributed by atoms with Gasteiger partial charge in [-0.15, -0.1) is 0 Å². The lowest BCUT2D eigenvalue weighted by Gasteiger charge is -2.06. The second kappa shape index (κ2) is 22.4. The van der Waals surface area contributed by atoms with Crippen LogP contribution in [0.3, 0.4) is 0 Å². The maximum Gasteiger partial charge on any atom is 0.543 e. The van der Waals surface area contributed by atoms with E-state index in [2.05, 4.69) is 43.5 Å². The van der Waals surface area contributed by atoms with Crippen molar-refractivity contribution in [3.63, 3.8) is 0 Å². The van der Waals surface area contributed by atoms with Crippen molar-refractivity contribution in [2.75, 3.05) is 13.2 Å². The summed E-state index contributed by atoms with van der Waals surface area (Å²) in [4.78, 5) is 64.2. The number of unbranched alkanes of at least 4 members (excludes halogenated alkanes) is 7. The van der Waals surface area contributed by atoms with E-state index in [9.17, 15) is 19.2 Å². The van der Waals surface area contributed by atoms with Crippen molar-refractivity contribution in [1.29, 1.82) is 0 Å². The Labute approximate surface area is 257 Å². The van der Waals surface area contributed by atoms with Crippen LogP contribution in [0.15, 0.2) is 48.5 Å². The summed E-state index contributed by atoms with van der Waals surface area (Å²) in [6, 6.07) is 13.7. The highest BCUT2D eigenvalue weighted by atomic mass is 17.5. The van der Waals surface area contributed by atoms with Crippen LogP contribution in [0.2, 0.25) is 0 Å². The summed E-state index contributed by atoms with van der Waals surface area (Å²) < 4.78 is 9.74. The maximum atomic E-state index is 11.9. The van der Waals surface area contributed by atoms with Gasteiger partial charge in [0.05, 0.1) is 34.4 Å². The molecule has 0 aromatic heterocycles. The van der Waals surface area contributed by atoms with Crippen LogP contribution >= 0.6 is 0 Å². The summed E-state index contributed by atoms with van der Waals surface area (Å²) in [6.45, 7) is 4.43. The Balaban J connectivity index is 1.35. The third-order valence-corrected chi connectivity index (χ3v) is 6.36. The van der Waals surface area contributed by atoms with E-state index in [4.69, 9.17) is 9.47 Å². The van der Waals surface area contributed by atoms with Crippen molar-refractivity contribution in [2.45, 2.75) is 90.9 Å². The highest BCUT2D eigenvalue weighted by Gasteiger charge is 2.13. The van der Waals surface area contributed by atoms with E-state index in [0.29, 0.717) is 12.8 Å². The van der Waals surface area contributed by atoms with Crippen molar-refractivity contribution in [2.24, 2.45) is 0 Å². The molecule has 0 aliphatic heterocycles. The van der Waals surface area contributed by atoms with Gasteiger partial charge in [0, 0.05) is 0 Å². The SMILES string of the molecule is CCCc1ccc(C(=O)OOOC(=O)OCCCCCCCCCCOC(=O)OOOC(=O)c2ccc(CCC)cc2)cc1. The quantitative estimate of drug-likeness (QED) is 0.0585. The lowest BCUT2D eigenvalue weighted by Crippen LogP contribution is -2.12. The molecule has 2 aromatic carbocycles. The largest absolute Gasteiger partial charge is 0.543 e. The molecule has 0 spiro atoms. The zero-order valence-electron chi connectivity index (χ0n) is 25.4. The van der Waals surface area contributed by atoms with E-state index >= 15 is 0 Å². The van der Waals surface area contributed by atoms with Crippen molar-refractivity contribution >= 4 is 24.2 Å². The molecule has 0 fully saturated rings. The third kappa shape index (κ3) is 15.9. The number of aryl methyl sites for hydroxylation is 2. The number of rotatable bonds is 21. The van der Waals surface area contributed by atoms with Crippen molar-refractivity contribution < 1.29 is 58.3 Å². The Bertz CT molecular complexity index is 1030. The van der Waals surface area contributed by atoms with Gasteiger partial charge in [-0.3, -0.25) is 9.78 Å². The fourth-order valence-electron chi connectivity index (χ4n) is 4.06.